The first-order valence-electron chi connectivity index (χ1n) is 11.6. The monoisotopic (exact) mass is 489 g/mol. The summed E-state index contributed by atoms with van der Waals surface area (Å²) in [7, 11) is 3.24. The Hall–Kier alpha value is -3.65. The van der Waals surface area contributed by atoms with Crippen LogP contribution in [0.1, 0.15) is 29.3 Å². The second-order valence-corrected chi connectivity index (χ2v) is 9.81. The molecule has 180 valence electrons. The van der Waals surface area contributed by atoms with E-state index in [1.807, 2.05) is 60.4 Å². The fourth-order valence-corrected chi connectivity index (χ4v) is 5.93. The normalized spacial score (nSPS) is 15.5. The average Bonchev–Trinajstić information content (AvgIpc) is 3.50. The van der Waals surface area contributed by atoms with Crippen molar-refractivity contribution >= 4 is 27.5 Å². The van der Waals surface area contributed by atoms with Crippen molar-refractivity contribution in [3.05, 3.63) is 75.7 Å². The molecule has 8 heteroatoms. The van der Waals surface area contributed by atoms with Crippen molar-refractivity contribution in [1.82, 2.24) is 14.5 Å². The molecule has 1 unspecified atom stereocenters. The van der Waals surface area contributed by atoms with Crippen LogP contribution in [-0.4, -0.2) is 41.1 Å². The third kappa shape index (κ3) is 4.18. The van der Waals surface area contributed by atoms with Gasteiger partial charge < -0.3 is 14.4 Å². The van der Waals surface area contributed by atoms with Crippen LogP contribution in [0.5, 0.6) is 11.5 Å². The van der Waals surface area contributed by atoms with E-state index in [1.165, 1.54) is 22.2 Å². The summed E-state index contributed by atoms with van der Waals surface area (Å²) < 4.78 is 12.4. The Morgan fingerprint density at radius 2 is 1.94 bits per heavy atom. The molecule has 0 radical (unpaired) electrons. The predicted octanol–water partition coefficient (Wildman–Crippen LogP) is 4.81. The van der Waals surface area contributed by atoms with Gasteiger partial charge in [0.2, 0.25) is 5.91 Å². The van der Waals surface area contributed by atoms with Crippen LogP contribution in [0.4, 0.5) is 0 Å². The summed E-state index contributed by atoms with van der Waals surface area (Å²) in [5.74, 6) is 1.32. The molecule has 2 aromatic heterocycles. The number of nitrogens with zero attached hydrogens (tertiary/aromatic N) is 3. The average molecular weight is 490 g/mol. The van der Waals surface area contributed by atoms with Crippen LogP contribution in [0.15, 0.2) is 59.7 Å². The number of rotatable bonds is 6. The Labute approximate surface area is 207 Å². The summed E-state index contributed by atoms with van der Waals surface area (Å²) in [5.41, 5.74) is 2.59. The number of carbonyl (C=O) groups is 1. The maximum Gasteiger partial charge on any atom is 0.263 e. The molecule has 1 aliphatic rings. The molecule has 1 aliphatic heterocycles. The molecule has 1 fully saturated rings. The summed E-state index contributed by atoms with van der Waals surface area (Å²) >= 11 is 1.50. The minimum atomic E-state index is -0.193. The van der Waals surface area contributed by atoms with Crippen LogP contribution in [0.3, 0.4) is 0 Å². The third-order valence-electron chi connectivity index (χ3n) is 6.59. The Morgan fingerprint density at radius 1 is 1.14 bits per heavy atom. The summed E-state index contributed by atoms with van der Waals surface area (Å²) in [6.45, 7) is 2.56. The standard InChI is InChI=1S/C27H27N3O4S/c1-17-24(18-8-5-4-6-9-18)25-26(35-17)28-16-29(27(25)32)15-23(31)30-13-7-10-21(30)20-14-19(33-2)11-12-22(20)34-3/h4-6,8-9,11-12,14,16,21H,7,10,13,15H2,1-3H3. The lowest BCUT2D eigenvalue weighted by atomic mass is 10.0. The van der Waals surface area contributed by atoms with E-state index in [1.54, 1.807) is 14.2 Å². The molecule has 1 saturated heterocycles. The van der Waals surface area contributed by atoms with Gasteiger partial charge in [-0.25, -0.2) is 4.98 Å². The van der Waals surface area contributed by atoms with Crippen molar-refractivity contribution in [2.24, 2.45) is 0 Å². The van der Waals surface area contributed by atoms with Crippen LogP contribution >= 0.6 is 11.3 Å². The molecule has 7 nitrogen and oxygen atoms in total. The molecule has 1 atom stereocenters. The number of amides is 1. The number of benzene rings is 2. The number of methoxy groups -OCH3 is 2. The number of thiophene rings is 1. The number of likely N-dealkylation sites (tertiary alicyclic amines) is 1. The molecule has 0 spiro atoms. The predicted molar refractivity (Wildman–Crippen MR) is 137 cm³/mol. The summed E-state index contributed by atoms with van der Waals surface area (Å²) in [5, 5.41) is 0.571. The van der Waals surface area contributed by atoms with E-state index in [0.717, 1.165) is 40.2 Å². The zero-order valence-corrected chi connectivity index (χ0v) is 20.8. The largest absolute Gasteiger partial charge is 0.497 e. The van der Waals surface area contributed by atoms with Gasteiger partial charge in [0.15, 0.2) is 0 Å². The summed E-state index contributed by atoms with van der Waals surface area (Å²) in [4.78, 5) is 35.1. The second-order valence-electron chi connectivity index (χ2n) is 8.61. The lowest BCUT2D eigenvalue weighted by molar-refractivity contribution is -0.132. The zero-order chi connectivity index (χ0) is 24.5. The number of fused-ring (bicyclic) bond motifs is 1. The van der Waals surface area contributed by atoms with Gasteiger partial charge in [0.05, 0.1) is 32.0 Å². The zero-order valence-electron chi connectivity index (χ0n) is 20.0. The minimum absolute atomic E-state index is 0.0618. The first-order valence-corrected chi connectivity index (χ1v) is 12.4. The van der Waals surface area contributed by atoms with E-state index in [9.17, 15) is 9.59 Å². The number of carbonyl (C=O) groups excluding carboxylic acids is 1. The molecular formula is C27H27N3O4S. The van der Waals surface area contributed by atoms with E-state index >= 15 is 0 Å². The molecule has 5 rings (SSSR count). The highest BCUT2D eigenvalue weighted by molar-refractivity contribution is 7.19. The quantitative estimate of drug-likeness (QED) is 0.388. The van der Waals surface area contributed by atoms with E-state index in [2.05, 4.69) is 4.98 Å². The number of hydrogen-bond donors (Lipinski definition) is 0. The van der Waals surface area contributed by atoms with Crippen molar-refractivity contribution in [3.63, 3.8) is 0 Å². The van der Waals surface area contributed by atoms with E-state index in [-0.39, 0.29) is 24.1 Å². The first-order chi connectivity index (χ1) is 17.0. The fourth-order valence-electron chi connectivity index (χ4n) is 4.93. The molecule has 0 N–H and O–H groups in total. The third-order valence-corrected chi connectivity index (χ3v) is 7.61. The number of hydrogen-bond acceptors (Lipinski definition) is 6. The summed E-state index contributed by atoms with van der Waals surface area (Å²) in [6.07, 6.45) is 3.19. The maximum absolute atomic E-state index is 13.5. The van der Waals surface area contributed by atoms with Gasteiger partial charge in [0.25, 0.3) is 5.56 Å². The highest BCUT2D eigenvalue weighted by Crippen LogP contribution is 2.39. The second kappa shape index (κ2) is 9.54. The first kappa shape index (κ1) is 23.1. The number of aromatic nitrogens is 2. The number of ether oxygens (including phenoxy) is 2. The van der Waals surface area contributed by atoms with Crippen molar-refractivity contribution in [3.8, 4) is 22.6 Å². The van der Waals surface area contributed by atoms with Crippen molar-refractivity contribution in [2.75, 3.05) is 20.8 Å². The van der Waals surface area contributed by atoms with Gasteiger partial charge in [-0.3, -0.25) is 14.2 Å². The molecule has 1 amide bonds. The van der Waals surface area contributed by atoms with Gasteiger partial charge in [0, 0.05) is 22.5 Å². The SMILES string of the molecule is COc1ccc(OC)c(C2CCCN2C(=O)Cn2cnc3sc(C)c(-c4ccccc4)c3c2=O)c1. The lowest BCUT2D eigenvalue weighted by Gasteiger charge is -2.27. The molecule has 0 saturated carbocycles. The summed E-state index contributed by atoms with van der Waals surface area (Å²) in [6, 6.07) is 15.3. The van der Waals surface area contributed by atoms with Crippen molar-refractivity contribution in [1.29, 1.82) is 0 Å². The van der Waals surface area contributed by atoms with Gasteiger partial charge in [-0.15, -0.1) is 11.3 Å². The van der Waals surface area contributed by atoms with Gasteiger partial charge in [-0.05, 0) is 43.5 Å². The molecule has 4 aromatic rings. The molecule has 0 bridgehead atoms. The van der Waals surface area contributed by atoms with Gasteiger partial charge in [-0.2, -0.15) is 0 Å². The molecule has 2 aromatic carbocycles. The fraction of sp³-hybridized carbons (Fsp3) is 0.296. The highest BCUT2D eigenvalue weighted by atomic mass is 32.1. The Kier molecular flexibility index (Phi) is 6.30. The Balaban J connectivity index is 1.48. The Morgan fingerprint density at radius 3 is 2.69 bits per heavy atom. The molecule has 35 heavy (non-hydrogen) atoms. The smallest absolute Gasteiger partial charge is 0.263 e. The Bertz CT molecular complexity index is 1440. The van der Waals surface area contributed by atoms with E-state index < -0.39 is 0 Å². The van der Waals surface area contributed by atoms with Gasteiger partial charge >= 0.3 is 0 Å². The van der Waals surface area contributed by atoms with Crippen LogP contribution < -0.4 is 15.0 Å². The molecule has 0 aliphatic carbocycles. The van der Waals surface area contributed by atoms with Crippen molar-refractivity contribution in [2.45, 2.75) is 32.4 Å². The van der Waals surface area contributed by atoms with Crippen molar-refractivity contribution < 1.29 is 14.3 Å². The van der Waals surface area contributed by atoms with Crippen LogP contribution in [0.25, 0.3) is 21.3 Å². The van der Waals surface area contributed by atoms with Gasteiger partial charge in [0.1, 0.15) is 22.9 Å². The van der Waals surface area contributed by atoms with Crippen LogP contribution in [0.2, 0.25) is 0 Å². The molecular weight excluding hydrogens is 462 g/mol. The minimum Gasteiger partial charge on any atom is -0.497 e. The highest BCUT2D eigenvalue weighted by Gasteiger charge is 2.32. The van der Waals surface area contributed by atoms with Gasteiger partial charge in [-0.1, -0.05) is 30.3 Å². The van der Waals surface area contributed by atoms with E-state index in [4.69, 9.17) is 9.47 Å². The van der Waals surface area contributed by atoms with E-state index in [0.29, 0.717) is 22.5 Å². The van der Waals surface area contributed by atoms with Crippen LogP contribution in [0, 0.1) is 6.92 Å². The maximum atomic E-state index is 13.5. The van der Waals surface area contributed by atoms with Crippen LogP contribution in [-0.2, 0) is 11.3 Å². The lowest BCUT2D eigenvalue weighted by Crippen LogP contribution is -2.36. The number of aryl methyl sites for hydroxylation is 1. The topological polar surface area (TPSA) is 73.7 Å². The molecule has 3 heterocycles.